The number of halogens is 2. The molecule has 6 nitrogen and oxygen atoms in total. The molecule has 130 valence electrons. The van der Waals surface area contributed by atoms with Gasteiger partial charge in [-0.25, -0.2) is 9.97 Å². The Morgan fingerprint density at radius 2 is 2.12 bits per heavy atom. The molecule has 3 aromatic rings. The molecule has 0 fully saturated rings. The summed E-state index contributed by atoms with van der Waals surface area (Å²) < 4.78 is 1.44. The number of nitrogens with zero attached hydrogens (tertiary/aromatic N) is 4. The third kappa shape index (κ3) is 3.53. The van der Waals surface area contributed by atoms with Crippen LogP contribution in [0.25, 0.3) is 10.9 Å². The third-order valence-corrected chi connectivity index (χ3v) is 5.06. The fourth-order valence-electron chi connectivity index (χ4n) is 2.47. The van der Waals surface area contributed by atoms with Crippen molar-refractivity contribution in [1.29, 1.82) is 0 Å². The summed E-state index contributed by atoms with van der Waals surface area (Å²) in [6, 6.07) is 3.10. The van der Waals surface area contributed by atoms with Crippen molar-refractivity contribution >= 4 is 56.5 Å². The Morgan fingerprint density at radius 3 is 2.80 bits per heavy atom. The predicted molar refractivity (Wildman–Crippen MR) is 101 cm³/mol. The van der Waals surface area contributed by atoms with E-state index in [4.69, 9.17) is 23.2 Å². The molecule has 0 aliphatic heterocycles. The molecular weight excluding hydrogens is 383 g/mol. The summed E-state index contributed by atoms with van der Waals surface area (Å²) in [7, 11) is 0. The first kappa shape index (κ1) is 17.8. The van der Waals surface area contributed by atoms with Gasteiger partial charge in [0.25, 0.3) is 5.56 Å². The van der Waals surface area contributed by atoms with Crippen molar-refractivity contribution in [3.8, 4) is 0 Å². The normalized spacial score (nSPS) is 11.0. The Bertz CT molecular complexity index is 1020. The van der Waals surface area contributed by atoms with Crippen LogP contribution >= 0.6 is 34.5 Å². The number of fused-ring (bicyclic) bond motifs is 1. The summed E-state index contributed by atoms with van der Waals surface area (Å²) in [5.41, 5.74) is 0.846. The highest BCUT2D eigenvalue weighted by molar-refractivity contribution is 7.14. The van der Waals surface area contributed by atoms with Gasteiger partial charge in [-0.1, -0.05) is 23.2 Å². The molecule has 9 heteroatoms. The highest BCUT2D eigenvalue weighted by atomic mass is 35.5. The zero-order valence-corrected chi connectivity index (χ0v) is 15.8. The van der Waals surface area contributed by atoms with E-state index in [2.05, 4.69) is 9.97 Å². The van der Waals surface area contributed by atoms with Crippen molar-refractivity contribution in [2.45, 2.75) is 20.4 Å². The Kier molecular flexibility index (Phi) is 5.08. The molecule has 0 radical (unpaired) electrons. The number of aromatic nitrogens is 3. The molecule has 3 rings (SSSR count). The number of anilines is 1. The molecule has 25 heavy (non-hydrogen) atoms. The first-order valence-corrected chi connectivity index (χ1v) is 9.11. The van der Waals surface area contributed by atoms with E-state index >= 15 is 0 Å². The van der Waals surface area contributed by atoms with Crippen molar-refractivity contribution < 1.29 is 4.79 Å². The van der Waals surface area contributed by atoms with Gasteiger partial charge in [0, 0.05) is 23.9 Å². The molecule has 0 saturated heterocycles. The monoisotopic (exact) mass is 396 g/mol. The summed E-state index contributed by atoms with van der Waals surface area (Å²) in [5, 5.41) is 3.50. The topological polar surface area (TPSA) is 68.1 Å². The number of hydrogen-bond donors (Lipinski definition) is 0. The lowest BCUT2D eigenvalue weighted by atomic mass is 10.2. The first-order valence-electron chi connectivity index (χ1n) is 7.47. The van der Waals surface area contributed by atoms with Gasteiger partial charge in [-0.3, -0.25) is 19.1 Å². The molecule has 0 saturated carbocycles. The number of thiazole rings is 1. The van der Waals surface area contributed by atoms with Crippen LogP contribution in [-0.4, -0.2) is 27.0 Å². The average Bonchev–Trinajstić information content (AvgIpc) is 2.99. The van der Waals surface area contributed by atoms with Crippen LogP contribution in [0.5, 0.6) is 0 Å². The molecule has 0 spiro atoms. The van der Waals surface area contributed by atoms with E-state index in [-0.39, 0.29) is 18.0 Å². The number of carbonyl (C=O) groups is 1. The van der Waals surface area contributed by atoms with E-state index in [1.165, 1.54) is 29.2 Å². The van der Waals surface area contributed by atoms with Crippen molar-refractivity contribution in [2.24, 2.45) is 0 Å². The van der Waals surface area contributed by atoms with E-state index in [0.29, 0.717) is 38.3 Å². The average molecular weight is 397 g/mol. The number of hydrogen-bond acceptors (Lipinski definition) is 5. The SMILES string of the molecule is CCN(C(C)=O)c1nc(Cn2cnc3c(Cl)cc(Cl)cc3c2=O)cs1. The maximum atomic E-state index is 12.7. The van der Waals surface area contributed by atoms with Crippen LogP contribution in [0.4, 0.5) is 5.13 Å². The van der Waals surface area contributed by atoms with Crippen LogP contribution in [0.2, 0.25) is 10.0 Å². The lowest BCUT2D eigenvalue weighted by Gasteiger charge is -2.14. The molecule has 1 aromatic carbocycles. The summed E-state index contributed by atoms with van der Waals surface area (Å²) >= 11 is 13.4. The Morgan fingerprint density at radius 1 is 1.36 bits per heavy atom. The van der Waals surface area contributed by atoms with Crippen LogP contribution < -0.4 is 10.5 Å². The van der Waals surface area contributed by atoms with E-state index in [9.17, 15) is 9.59 Å². The van der Waals surface area contributed by atoms with Gasteiger partial charge < -0.3 is 0 Å². The van der Waals surface area contributed by atoms with Gasteiger partial charge in [-0.15, -0.1) is 11.3 Å². The van der Waals surface area contributed by atoms with Gasteiger partial charge in [-0.2, -0.15) is 0 Å². The lowest BCUT2D eigenvalue weighted by molar-refractivity contribution is -0.116. The van der Waals surface area contributed by atoms with Crippen LogP contribution in [0.15, 0.2) is 28.6 Å². The lowest BCUT2D eigenvalue weighted by Crippen LogP contribution is -2.27. The second-order valence-electron chi connectivity index (χ2n) is 5.35. The zero-order valence-electron chi connectivity index (χ0n) is 13.5. The summed E-state index contributed by atoms with van der Waals surface area (Å²) in [6.45, 7) is 4.16. The molecule has 0 aliphatic rings. The predicted octanol–water partition coefficient (Wildman–Crippen LogP) is 3.58. The second-order valence-corrected chi connectivity index (χ2v) is 7.03. The number of amides is 1. The Labute approximate surface area is 157 Å². The third-order valence-electron chi connectivity index (χ3n) is 3.64. The number of benzene rings is 1. The Balaban J connectivity index is 1.97. The minimum Gasteiger partial charge on any atom is -0.293 e. The highest BCUT2D eigenvalue weighted by Gasteiger charge is 2.15. The quantitative estimate of drug-likeness (QED) is 0.675. The summed E-state index contributed by atoms with van der Waals surface area (Å²) in [4.78, 5) is 34.5. The van der Waals surface area contributed by atoms with Crippen LogP contribution in [0.3, 0.4) is 0 Å². The summed E-state index contributed by atoms with van der Waals surface area (Å²) in [6.07, 6.45) is 1.44. The molecular formula is C16H14Cl2N4O2S. The van der Waals surface area contributed by atoms with Gasteiger partial charge in [-0.05, 0) is 19.1 Å². The van der Waals surface area contributed by atoms with Crippen molar-refractivity contribution in [3.05, 3.63) is 49.9 Å². The molecule has 1 amide bonds. The minimum atomic E-state index is -0.247. The van der Waals surface area contributed by atoms with Gasteiger partial charge in [0.2, 0.25) is 5.91 Å². The second kappa shape index (κ2) is 7.11. The molecule has 0 atom stereocenters. The first-order chi connectivity index (χ1) is 11.9. The molecule has 0 bridgehead atoms. The molecule has 0 N–H and O–H groups in total. The largest absolute Gasteiger partial charge is 0.293 e. The van der Waals surface area contributed by atoms with Crippen LogP contribution in [0, 0.1) is 0 Å². The van der Waals surface area contributed by atoms with Crippen LogP contribution in [-0.2, 0) is 11.3 Å². The Hall–Kier alpha value is -1.96. The van der Waals surface area contributed by atoms with E-state index in [1.807, 2.05) is 12.3 Å². The van der Waals surface area contributed by atoms with Crippen LogP contribution in [0.1, 0.15) is 19.5 Å². The van der Waals surface area contributed by atoms with Gasteiger partial charge in [0.15, 0.2) is 5.13 Å². The van der Waals surface area contributed by atoms with Gasteiger partial charge in [0.05, 0.1) is 34.5 Å². The standard InChI is InChI=1S/C16H14Cl2N4O2S/c1-3-22(9(2)23)16-20-11(7-25-16)6-21-8-19-14-12(15(21)24)4-10(17)5-13(14)18/h4-5,7-8H,3,6H2,1-2H3. The molecule has 0 unspecified atom stereocenters. The van der Waals surface area contributed by atoms with E-state index < -0.39 is 0 Å². The van der Waals surface area contributed by atoms with E-state index in [1.54, 1.807) is 17.0 Å². The van der Waals surface area contributed by atoms with Gasteiger partial charge in [0.1, 0.15) is 0 Å². The fraction of sp³-hybridized carbons (Fsp3) is 0.250. The highest BCUT2D eigenvalue weighted by Crippen LogP contribution is 2.24. The zero-order chi connectivity index (χ0) is 18.1. The van der Waals surface area contributed by atoms with Crippen molar-refractivity contribution in [3.63, 3.8) is 0 Å². The fourth-order valence-corrected chi connectivity index (χ4v) is 3.93. The van der Waals surface area contributed by atoms with Crippen molar-refractivity contribution in [1.82, 2.24) is 14.5 Å². The smallest absolute Gasteiger partial charge is 0.261 e. The van der Waals surface area contributed by atoms with E-state index in [0.717, 1.165) is 0 Å². The molecule has 2 aromatic heterocycles. The maximum Gasteiger partial charge on any atom is 0.261 e. The minimum absolute atomic E-state index is 0.0720. The van der Waals surface area contributed by atoms with Crippen molar-refractivity contribution in [2.75, 3.05) is 11.4 Å². The molecule has 0 aliphatic carbocycles. The number of carbonyl (C=O) groups excluding carboxylic acids is 1. The maximum absolute atomic E-state index is 12.7. The molecule has 2 heterocycles. The van der Waals surface area contributed by atoms with Gasteiger partial charge >= 0.3 is 0 Å². The number of rotatable bonds is 4. The summed E-state index contributed by atoms with van der Waals surface area (Å²) in [5.74, 6) is -0.0720.